The van der Waals surface area contributed by atoms with Crippen LogP contribution in [0.4, 0.5) is 5.82 Å². The Balaban J connectivity index is 1.81. The van der Waals surface area contributed by atoms with E-state index in [9.17, 15) is 9.59 Å². The Morgan fingerprint density at radius 1 is 1.29 bits per heavy atom. The van der Waals surface area contributed by atoms with Gasteiger partial charge in [0.1, 0.15) is 12.3 Å². The van der Waals surface area contributed by atoms with E-state index >= 15 is 0 Å². The molecule has 0 radical (unpaired) electrons. The number of carbonyl (C=O) groups is 1. The molecule has 24 heavy (non-hydrogen) atoms. The quantitative estimate of drug-likeness (QED) is 0.741. The van der Waals surface area contributed by atoms with E-state index in [2.05, 4.69) is 31.5 Å². The maximum absolute atomic E-state index is 12.0. The lowest BCUT2D eigenvalue weighted by Gasteiger charge is -2.07. The lowest BCUT2D eigenvalue weighted by atomic mass is 10.1. The molecule has 3 aromatic rings. The third-order valence-corrected chi connectivity index (χ3v) is 3.67. The van der Waals surface area contributed by atoms with Crippen molar-refractivity contribution in [3.8, 4) is 11.3 Å². The third-order valence-electron chi connectivity index (χ3n) is 3.18. The summed E-state index contributed by atoms with van der Waals surface area (Å²) in [6.07, 6.45) is 0. The molecule has 0 aliphatic heterocycles. The Kier molecular flexibility index (Phi) is 4.57. The molecule has 0 aliphatic carbocycles. The number of benzene rings is 1. The van der Waals surface area contributed by atoms with Gasteiger partial charge in [0.2, 0.25) is 5.91 Å². The van der Waals surface area contributed by atoms with Gasteiger partial charge < -0.3 is 9.84 Å². The predicted molar refractivity (Wildman–Crippen MR) is 91.5 cm³/mol. The van der Waals surface area contributed by atoms with Crippen LogP contribution in [0.2, 0.25) is 0 Å². The minimum absolute atomic E-state index is 0.216. The van der Waals surface area contributed by atoms with Crippen molar-refractivity contribution in [3.63, 3.8) is 0 Å². The van der Waals surface area contributed by atoms with Crippen LogP contribution in [0.25, 0.3) is 11.3 Å². The molecule has 8 heteroatoms. The molecule has 0 aliphatic rings. The molecule has 0 unspecified atom stereocenters. The smallest absolute Gasteiger partial charge is 0.267 e. The monoisotopic (exact) mass is 388 g/mol. The molecule has 1 N–H and O–H groups in total. The Morgan fingerprint density at radius 3 is 2.83 bits per heavy atom. The van der Waals surface area contributed by atoms with Crippen LogP contribution in [-0.4, -0.2) is 20.8 Å². The van der Waals surface area contributed by atoms with Gasteiger partial charge >= 0.3 is 0 Å². The number of rotatable bonds is 4. The van der Waals surface area contributed by atoms with Crippen LogP contribution in [0, 0.1) is 6.92 Å². The van der Waals surface area contributed by atoms with Gasteiger partial charge in [-0.05, 0) is 25.1 Å². The van der Waals surface area contributed by atoms with Gasteiger partial charge in [0.25, 0.3) is 5.56 Å². The Morgan fingerprint density at radius 2 is 2.12 bits per heavy atom. The van der Waals surface area contributed by atoms with Crippen molar-refractivity contribution < 1.29 is 9.32 Å². The van der Waals surface area contributed by atoms with E-state index < -0.39 is 5.91 Å². The second-order valence-electron chi connectivity index (χ2n) is 5.10. The number of nitrogens with one attached hydrogen (secondary N) is 1. The normalized spacial score (nSPS) is 10.6. The number of nitrogens with zero attached hydrogens (tertiary/aromatic N) is 3. The number of anilines is 1. The predicted octanol–water partition coefficient (Wildman–Crippen LogP) is 2.61. The highest BCUT2D eigenvalue weighted by molar-refractivity contribution is 9.10. The highest BCUT2D eigenvalue weighted by Crippen LogP contribution is 2.20. The van der Waals surface area contributed by atoms with Crippen LogP contribution in [0.3, 0.4) is 0 Å². The summed E-state index contributed by atoms with van der Waals surface area (Å²) in [4.78, 5) is 24.0. The standard InChI is InChI=1S/C16H13BrN4O3/c1-10-7-14(20-24-10)18-15(22)9-21-16(23)6-5-13(19-21)11-3-2-4-12(17)8-11/h2-8H,9H2,1H3,(H,18,20,22). The fourth-order valence-corrected chi connectivity index (χ4v) is 2.51. The third kappa shape index (κ3) is 3.77. The van der Waals surface area contributed by atoms with Gasteiger partial charge in [0.05, 0.1) is 5.69 Å². The maximum atomic E-state index is 12.0. The van der Waals surface area contributed by atoms with Gasteiger partial charge in [-0.25, -0.2) is 4.68 Å². The lowest BCUT2D eigenvalue weighted by Crippen LogP contribution is -2.29. The molecule has 0 saturated carbocycles. The average molecular weight is 389 g/mol. The van der Waals surface area contributed by atoms with E-state index in [4.69, 9.17) is 4.52 Å². The van der Waals surface area contributed by atoms with Gasteiger partial charge in [-0.3, -0.25) is 9.59 Å². The van der Waals surface area contributed by atoms with E-state index in [1.165, 1.54) is 6.07 Å². The molecule has 0 atom stereocenters. The topological polar surface area (TPSA) is 90.0 Å². The zero-order valence-electron chi connectivity index (χ0n) is 12.7. The highest BCUT2D eigenvalue weighted by Gasteiger charge is 2.10. The number of halogens is 1. The van der Waals surface area contributed by atoms with E-state index in [1.807, 2.05) is 24.3 Å². The van der Waals surface area contributed by atoms with E-state index in [0.717, 1.165) is 14.7 Å². The first kappa shape index (κ1) is 16.1. The van der Waals surface area contributed by atoms with E-state index in [0.29, 0.717) is 17.3 Å². The van der Waals surface area contributed by atoms with E-state index in [-0.39, 0.29) is 12.1 Å². The van der Waals surface area contributed by atoms with Crippen molar-refractivity contribution in [1.82, 2.24) is 14.9 Å². The van der Waals surface area contributed by atoms with Crippen LogP contribution in [-0.2, 0) is 11.3 Å². The molecule has 0 bridgehead atoms. The zero-order chi connectivity index (χ0) is 17.1. The Hall–Kier alpha value is -2.74. The molecule has 0 fully saturated rings. The summed E-state index contributed by atoms with van der Waals surface area (Å²) in [6, 6.07) is 12.1. The summed E-state index contributed by atoms with van der Waals surface area (Å²) in [5.41, 5.74) is 1.08. The Bertz CT molecular complexity index is 948. The van der Waals surface area contributed by atoms with Crippen molar-refractivity contribution in [3.05, 3.63) is 63.1 Å². The summed E-state index contributed by atoms with van der Waals surface area (Å²) in [7, 11) is 0. The number of hydrogen-bond acceptors (Lipinski definition) is 5. The summed E-state index contributed by atoms with van der Waals surface area (Å²) in [6.45, 7) is 1.50. The maximum Gasteiger partial charge on any atom is 0.267 e. The van der Waals surface area contributed by atoms with E-state index in [1.54, 1.807) is 19.1 Å². The molecule has 2 aromatic heterocycles. The first-order valence-corrected chi connectivity index (χ1v) is 7.88. The molecule has 3 rings (SSSR count). The summed E-state index contributed by atoms with van der Waals surface area (Å²) >= 11 is 3.40. The highest BCUT2D eigenvalue weighted by atomic mass is 79.9. The van der Waals surface area contributed by atoms with Gasteiger partial charge in [0, 0.05) is 22.2 Å². The lowest BCUT2D eigenvalue weighted by molar-refractivity contribution is -0.117. The minimum atomic E-state index is -0.413. The number of amides is 1. The fourth-order valence-electron chi connectivity index (χ4n) is 2.11. The molecular formula is C16H13BrN4O3. The largest absolute Gasteiger partial charge is 0.360 e. The zero-order valence-corrected chi connectivity index (χ0v) is 14.3. The SMILES string of the molecule is Cc1cc(NC(=O)Cn2nc(-c3cccc(Br)c3)ccc2=O)no1. The number of carbonyl (C=O) groups excluding carboxylic acids is 1. The van der Waals surface area contributed by atoms with Crippen molar-refractivity contribution in [2.24, 2.45) is 0 Å². The minimum Gasteiger partial charge on any atom is -0.360 e. The first-order chi connectivity index (χ1) is 11.5. The van der Waals surface area contributed by atoms with Crippen LogP contribution >= 0.6 is 15.9 Å². The molecule has 1 amide bonds. The number of aryl methyl sites for hydroxylation is 1. The molecular weight excluding hydrogens is 376 g/mol. The van der Waals surface area contributed by atoms with Crippen molar-refractivity contribution in [2.75, 3.05) is 5.32 Å². The van der Waals surface area contributed by atoms with Gasteiger partial charge in [0.15, 0.2) is 5.82 Å². The van der Waals surface area contributed by atoms with Gasteiger partial charge in [-0.15, -0.1) is 0 Å². The van der Waals surface area contributed by atoms with Crippen LogP contribution in [0.5, 0.6) is 0 Å². The molecule has 122 valence electrons. The molecule has 7 nitrogen and oxygen atoms in total. The molecule has 0 saturated heterocycles. The summed E-state index contributed by atoms with van der Waals surface area (Å²) in [5, 5.41) is 10.5. The van der Waals surface area contributed by atoms with Gasteiger partial charge in [-0.2, -0.15) is 5.10 Å². The van der Waals surface area contributed by atoms with Crippen molar-refractivity contribution >= 4 is 27.7 Å². The van der Waals surface area contributed by atoms with Crippen LogP contribution < -0.4 is 10.9 Å². The van der Waals surface area contributed by atoms with Crippen molar-refractivity contribution in [2.45, 2.75) is 13.5 Å². The number of aromatic nitrogens is 3. The second kappa shape index (κ2) is 6.79. The summed E-state index contributed by atoms with van der Waals surface area (Å²) < 4.78 is 6.89. The first-order valence-electron chi connectivity index (χ1n) is 7.08. The molecule has 1 aromatic carbocycles. The average Bonchev–Trinajstić information content (AvgIpc) is 2.94. The second-order valence-corrected chi connectivity index (χ2v) is 6.01. The number of hydrogen-bond donors (Lipinski definition) is 1. The van der Waals surface area contributed by atoms with Crippen LogP contribution in [0.15, 0.2) is 56.3 Å². The van der Waals surface area contributed by atoms with Crippen molar-refractivity contribution in [1.29, 1.82) is 0 Å². The van der Waals surface area contributed by atoms with Gasteiger partial charge in [-0.1, -0.05) is 33.2 Å². The molecule has 2 heterocycles. The molecule has 0 spiro atoms. The summed E-state index contributed by atoms with van der Waals surface area (Å²) in [5.74, 6) is 0.468. The van der Waals surface area contributed by atoms with Crippen LogP contribution in [0.1, 0.15) is 5.76 Å². The fraction of sp³-hybridized carbons (Fsp3) is 0.125. The Labute approximate surface area is 145 Å².